The molecule has 5 heteroatoms. The van der Waals surface area contributed by atoms with Crippen LogP contribution in [0.1, 0.15) is 59.6 Å². The van der Waals surface area contributed by atoms with Gasteiger partial charge in [0.1, 0.15) is 5.58 Å². The van der Waals surface area contributed by atoms with E-state index < -0.39 is 25.5 Å². The summed E-state index contributed by atoms with van der Waals surface area (Å²) in [5.74, 6) is 0.934. The average molecular weight is 840 g/mol. The molecule has 0 saturated heterocycles. The van der Waals surface area contributed by atoms with Crippen molar-refractivity contribution in [3.63, 3.8) is 0 Å². The quantitative estimate of drug-likeness (QED) is 0.166. The zero-order valence-electron chi connectivity index (χ0n) is 36.5. The van der Waals surface area contributed by atoms with Gasteiger partial charge in [0.05, 0.1) is 22.4 Å². The van der Waals surface area contributed by atoms with Crippen LogP contribution < -0.4 is 0 Å². The first-order chi connectivity index (χ1) is 26.8. The predicted molar refractivity (Wildman–Crippen MR) is 203 cm³/mol. The molecule has 3 heterocycles. The van der Waals surface area contributed by atoms with Gasteiger partial charge in [0, 0.05) is 48.3 Å². The van der Waals surface area contributed by atoms with Gasteiger partial charge in [-0.15, -0.1) is 54.1 Å². The summed E-state index contributed by atoms with van der Waals surface area (Å²) in [4.78, 5) is 9.21. The SMILES string of the molecule is Cc1cccc(C)c1-n1c(-c2[c-]cccc2)nc2ccccc21.[2H]C([2H])([2H])c1ccc2c(c1)oc1c(-c3cc(C([2H])([2H])C(C)(C)C)c(C([2H])([2H])[2H])cn3)[c-]ccc12.[Ir]. The van der Waals surface area contributed by atoms with Gasteiger partial charge < -0.3 is 14.0 Å². The number of fused-ring (bicyclic) bond motifs is 4. The molecule has 1 radical (unpaired) electrons. The van der Waals surface area contributed by atoms with E-state index in [4.69, 9.17) is 20.4 Å². The van der Waals surface area contributed by atoms with Crippen LogP contribution in [0.15, 0.2) is 114 Å². The molecule has 0 amide bonds. The van der Waals surface area contributed by atoms with Crippen molar-refractivity contribution in [1.29, 1.82) is 0 Å². The van der Waals surface area contributed by atoms with Crippen molar-refractivity contribution >= 4 is 33.0 Å². The molecule has 0 aliphatic heterocycles. The Morgan fingerprint density at radius 2 is 1.62 bits per heavy atom. The molecule has 0 spiro atoms. The zero-order valence-corrected chi connectivity index (χ0v) is 30.9. The Morgan fingerprint density at radius 3 is 2.36 bits per heavy atom. The molecule has 0 fully saturated rings. The van der Waals surface area contributed by atoms with Crippen molar-refractivity contribution in [2.45, 2.75) is 54.7 Å². The van der Waals surface area contributed by atoms with E-state index in [2.05, 4.69) is 78.0 Å². The van der Waals surface area contributed by atoms with Crippen LogP contribution in [0.3, 0.4) is 0 Å². The molecule has 8 aromatic rings. The van der Waals surface area contributed by atoms with Crippen molar-refractivity contribution in [2.75, 3.05) is 0 Å². The van der Waals surface area contributed by atoms with Gasteiger partial charge in [-0.05, 0) is 85.5 Å². The van der Waals surface area contributed by atoms with Gasteiger partial charge in [0.2, 0.25) is 0 Å². The van der Waals surface area contributed by atoms with E-state index in [1.807, 2.05) is 24.3 Å². The van der Waals surface area contributed by atoms with Crippen molar-refractivity contribution in [3.05, 3.63) is 149 Å². The summed E-state index contributed by atoms with van der Waals surface area (Å²) in [6.07, 6.45) is -0.770. The fourth-order valence-corrected chi connectivity index (χ4v) is 6.16. The van der Waals surface area contributed by atoms with Gasteiger partial charge in [0.15, 0.2) is 0 Å². The van der Waals surface area contributed by atoms with Crippen LogP contribution in [0, 0.1) is 45.1 Å². The van der Waals surface area contributed by atoms with Crippen LogP contribution in [0.2, 0.25) is 0 Å². The number of furan rings is 1. The molecule has 0 aliphatic carbocycles. The molecule has 3 aromatic heterocycles. The van der Waals surface area contributed by atoms with Crippen LogP contribution in [-0.2, 0) is 26.5 Å². The standard InChI is InChI=1S/C24H24NO.C21H17N2.Ir/c1-15-9-10-18-19-7-6-8-20(23(19)26-22(18)11-15)21-12-17(13-24(3,4)5)16(2)14-25-21;1-15-9-8-10-16(2)20(15)23-19-14-7-6-13-18(19)22-21(23)17-11-4-3-5-12-17;/h6-7,9-12,14H,13H2,1-5H3;3-11,13-14H,1-2H3;/q2*-1;/i1D3,2D3,13D2;;. The Hall–Kier alpha value is -4.83. The topological polar surface area (TPSA) is 43.9 Å². The summed E-state index contributed by atoms with van der Waals surface area (Å²) >= 11 is 0. The number of aromatic nitrogens is 3. The smallest absolute Gasteiger partial charge is 0.121 e. The second-order valence-electron chi connectivity index (χ2n) is 13.2. The maximum absolute atomic E-state index is 8.73. The second-order valence-corrected chi connectivity index (χ2v) is 13.2. The predicted octanol–water partition coefficient (Wildman–Crippen LogP) is 11.8. The molecule has 0 N–H and O–H groups in total. The molecule has 0 atom stereocenters. The second kappa shape index (κ2) is 14.2. The first-order valence-electron chi connectivity index (χ1n) is 20.2. The van der Waals surface area contributed by atoms with Gasteiger partial charge in [-0.3, -0.25) is 4.98 Å². The number of nitrogens with zero attached hydrogens (tertiary/aromatic N) is 3. The molecule has 253 valence electrons. The van der Waals surface area contributed by atoms with E-state index in [0.717, 1.165) is 33.2 Å². The number of hydrogen-bond acceptors (Lipinski definition) is 3. The first kappa shape index (κ1) is 26.0. The van der Waals surface area contributed by atoms with E-state index in [-0.39, 0.29) is 36.8 Å². The summed E-state index contributed by atoms with van der Waals surface area (Å²) < 4.78 is 72.4. The Bertz CT molecular complexity index is 2740. The Kier molecular flexibility index (Phi) is 7.39. The monoisotopic (exact) mass is 840 g/mol. The molecular formula is C45H41IrN3O-2. The van der Waals surface area contributed by atoms with Crippen molar-refractivity contribution in [2.24, 2.45) is 5.41 Å². The zero-order chi connectivity index (χ0) is 41.1. The van der Waals surface area contributed by atoms with E-state index in [1.165, 1.54) is 35.1 Å². The summed E-state index contributed by atoms with van der Waals surface area (Å²) in [6, 6.07) is 38.7. The molecule has 5 aromatic carbocycles. The van der Waals surface area contributed by atoms with Gasteiger partial charge in [-0.2, -0.15) is 0 Å². The Balaban J connectivity index is 0.000000206. The molecule has 8 rings (SSSR count). The molecule has 0 saturated carbocycles. The minimum absolute atomic E-state index is 0. The first-order valence-corrected chi connectivity index (χ1v) is 16.2. The molecule has 0 bridgehead atoms. The molecule has 0 aliphatic rings. The van der Waals surface area contributed by atoms with Crippen LogP contribution in [0.5, 0.6) is 0 Å². The Labute approximate surface area is 319 Å². The summed E-state index contributed by atoms with van der Waals surface area (Å²) in [6.45, 7) is 4.62. The summed E-state index contributed by atoms with van der Waals surface area (Å²) in [5, 5.41) is 1.45. The number of hydrogen-bond donors (Lipinski definition) is 0. The number of para-hydroxylation sites is 3. The third kappa shape index (κ3) is 6.94. The molecule has 50 heavy (non-hydrogen) atoms. The van der Waals surface area contributed by atoms with Crippen molar-refractivity contribution in [3.8, 4) is 28.3 Å². The van der Waals surface area contributed by atoms with Gasteiger partial charge in [0.25, 0.3) is 0 Å². The van der Waals surface area contributed by atoms with E-state index in [9.17, 15) is 0 Å². The number of benzene rings is 5. The number of aryl methyl sites for hydroxylation is 4. The molecule has 0 unspecified atom stereocenters. The van der Waals surface area contributed by atoms with Gasteiger partial charge >= 0.3 is 0 Å². The van der Waals surface area contributed by atoms with E-state index >= 15 is 0 Å². The number of rotatable bonds is 4. The van der Waals surface area contributed by atoms with Crippen molar-refractivity contribution < 1.29 is 35.5 Å². The maximum Gasteiger partial charge on any atom is 0.121 e. The Morgan fingerprint density at radius 1 is 0.820 bits per heavy atom. The van der Waals surface area contributed by atoms with Gasteiger partial charge in [-0.1, -0.05) is 85.8 Å². The van der Waals surface area contributed by atoms with Crippen LogP contribution in [0.25, 0.3) is 61.3 Å². The minimum Gasteiger partial charge on any atom is -0.501 e. The average Bonchev–Trinajstić information content (AvgIpc) is 3.73. The third-order valence-corrected chi connectivity index (χ3v) is 8.28. The van der Waals surface area contributed by atoms with Crippen LogP contribution >= 0.6 is 0 Å². The van der Waals surface area contributed by atoms with Crippen LogP contribution in [0.4, 0.5) is 0 Å². The van der Waals surface area contributed by atoms with Crippen molar-refractivity contribution in [1.82, 2.24) is 14.5 Å². The fraction of sp³-hybridized carbons (Fsp3) is 0.200. The summed E-state index contributed by atoms with van der Waals surface area (Å²) in [5.41, 5.74) is 7.55. The number of imidazole rings is 1. The van der Waals surface area contributed by atoms with E-state index in [1.54, 1.807) is 45.0 Å². The normalized spacial score (nSPS) is 14.6. The maximum atomic E-state index is 8.73. The van der Waals surface area contributed by atoms with E-state index in [0.29, 0.717) is 22.4 Å². The largest absolute Gasteiger partial charge is 0.501 e. The summed E-state index contributed by atoms with van der Waals surface area (Å²) in [7, 11) is 0. The third-order valence-electron chi connectivity index (χ3n) is 8.28. The van der Waals surface area contributed by atoms with Gasteiger partial charge in [-0.25, -0.2) is 0 Å². The molecule has 4 nitrogen and oxygen atoms in total. The van der Waals surface area contributed by atoms with Crippen LogP contribution in [-0.4, -0.2) is 14.5 Å². The fourth-order valence-electron chi connectivity index (χ4n) is 6.16. The molecular weight excluding hydrogens is 791 g/mol. The number of pyridine rings is 1. The minimum atomic E-state index is -2.54.